The Labute approximate surface area is 123 Å². The first kappa shape index (κ1) is 13.7. The van der Waals surface area contributed by atoms with Crippen LogP contribution in [0.2, 0.25) is 0 Å². The van der Waals surface area contributed by atoms with Crippen molar-refractivity contribution in [3.63, 3.8) is 0 Å². The molecular weight excluding hydrogens is 252 g/mol. The summed E-state index contributed by atoms with van der Waals surface area (Å²) in [7, 11) is 0. The summed E-state index contributed by atoms with van der Waals surface area (Å²) in [4.78, 5) is 0. The molecule has 4 aliphatic carbocycles. The van der Waals surface area contributed by atoms with Gasteiger partial charge in [0.15, 0.2) is 5.11 Å². The highest BCUT2D eigenvalue weighted by molar-refractivity contribution is 7.80. The third-order valence-corrected chi connectivity index (χ3v) is 5.79. The van der Waals surface area contributed by atoms with Gasteiger partial charge in [0.1, 0.15) is 0 Å². The van der Waals surface area contributed by atoms with E-state index in [1.54, 1.807) is 19.3 Å². The van der Waals surface area contributed by atoms with Crippen molar-refractivity contribution >= 4 is 17.3 Å². The molecule has 4 saturated carbocycles. The molecule has 0 saturated heterocycles. The molecule has 0 spiro atoms. The van der Waals surface area contributed by atoms with Crippen LogP contribution in [0.3, 0.4) is 0 Å². The van der Waals surface area contributed by atoms with Crippen LogP contribution in [-0.2, 0) is 0 Å². The predicted octanol–water partition coefficient (Wildman–Crippen LogP) is 3.47. The van der Waals surface area contributed by atoms with Gasteiger partial charge in [-0.1, -0.05) is 0 Å². The van der Waals surface area contributed by atoms with Crippen molar-refractivity contribution in [2.24, 2.45) is 23.2 Å². The van der Waals surface area contributed by atoms with Crippen LogP contribution in [0.1, 0.15) is 58.8 Å². The SMILES string of the molecule is CC(C)NC(=S)NCCC12CC3CC(CC(C3)C1)C2. The molecule has 0 aliphatic heterocycles. The van der Waals surface area contributed by atoms with E-state index >= 15 is 0 Å². The molecule has 0 unspecified atom stereocenters. The summed E-state index contributed by atoms with van der Waals surface area (Å²) in [6.07, 6.45) is 10.5. The average molecular weight is 280 g/mol. The van der Waals surface area contributed by atoms with Crippen LogP contribution >= 0.6 is 12.2 Å². The highest BCUT2D eigenvalue weighted by Crippen LogP contribution is 2.61. The first-order valence-corrected chi connectivity index (χ1v) is 8.50. The third kappa shape index (κ3) is 3.07. The smallest absolute Gasteiger partial charge is 0.166 e. The highest BCUT2D eigenvalue weighted by atomic mass is 32.1. The maximum atomic E-state index is 5.32. The molecule has 0 aromatic heterocycles. The number of hydrogen-bond acceptors (Lipinski definition) is 1. The minimum Gasteiger partial charge on any atom is -0.363 e. The molecule has 3 heteroatoms. The van der Waals surface area contributed by atoms with E-state index in [1.165, 1.54) is 25.7 Å². The fraction of sp³-hybridized carbons (Fsp3) is 0.938. The molecule has 2 N–H and O–H groups in total. The maximum Gasteiger partial charge on any atom is 0.166 e. The van der Waals surface area contributed by atoms with Crippen LogP contribution in [0.15, 0.2) is 0 Å². The zero-order chi connectivity index (χ0) is 13.5. The molecule has 0 heterocycles. The third-order valence-electron chi connectivity index (χ3n) is 5.53. The standard InChI is InChI=1S/C16H28N2S/c1-11(2)18-15(19)17-4-3-16-8-12-5-13(9-16)7-14(6-12)10-16/h11-14H,3-10H2,1-2H3,(H2,17,18,19). The molecule has 0 radical (unpaired) electrons. The molecule has 4 bridgehead atoms. The van der Waals surface area contributed by atoms with Crippen LogP contribution in [0.4, 0.5) is 0 Å². The summed E-state index contributed by atoms with van der Waals surface area (Å²) >= 11 is 5.32. The van der Waals surface area contributed by atoms with Crippen LogP contribution in [0.5, 0.6) is 0 Å². The fourth-order valence-corrected chi connectivity index (χ4v) is 5.69. The van der Waals surface area contributed by atoms with Crippen LogP contribution in [0, 0.1) is 23.2 Å². The Kier molecular flexibility index (Phi) is 3.76. The Balaban J connectivity index is 1.49. The van der Waals surface area contributed by atoms with Crippen LogP contribution in [-0.4, -0.2) is 17.7 Å². The Hall–Kier alpha value is -0.310. The van der Waals surface area contributed by atoms with E-state index in [0.717, 1.165) is 29.4 Å². The summed E-state index contributed by atoms with van der Waals surface area (Å²) in [6, 6.07) is 0.430. The average Bonchev–Trinajstić information content (AvgIpc) is 2.25. The van der Waals surface area contributed by atoms with Gasteiger partial charge in [-0.3, -0.25) is 0 Å². The van der Waals surface area contributed by atoms with Gasteiger partial charge in [-0.25, -0.2) is 0 Å². The first-order chi connectivity index (χ1) is 9.05. The Morgan fingerprint density at radius 3 is 2.11 bits per heavy atom. The summed E-state index contributed by atoms with van der Waals surface area (Å²) in [5.41, 5.74) is 0.676. The van der Waals surface area contributed by atoms with E-state index in [-0.39, 0.29) is 0 Å². The van der Waals surface area contributed by atoms with Crippen molar-refractivity contribution in [3.05, 3.63) is 0 Å². The van der Waals surface area contributed by atoms with Gasteiger partial charge in [0.05, 0.1) is 0 Å². The summed E-state index contributed by atoms with van der Waals surface area (Å²) < 4.78 is 0. The number of rotatable bonds is 4. The van der Waals surface area contributed by atoms with Gasteiger partial charge in [-0.2, -0.15) is 0 Å². The predicted molar refractivity (Wildman–Crippen MR) is 84.1 cm³/mol. The van der Waals surface area contributed by atoms with Gasteiger partial charge in [0.25, 0.3) is 0 Å². The van der Waals surface area contributed by atoms with Crippen molar-refractivity contribution in [3.8, 4) is 0 Å². The number of hydrogen-bond donors (Lipinski definition) is 2. The second kappa shape index (κ2) is 5.23. The first-order valence-electron chi connectivity index (χ1n) is 8.09. The van der Waals surface area contributed by atoms with E-state index in [4.69, 9.17) is 12.2 Å². The molecule has 0 amide bonds. The molecule has 19 heavy (non-hydrogen) atoms. The number of thiocarbonyl (C=S) groups is 1. The van der Waals surface area contributed by atoms with E-state index in [9.17, 15) is 0 Å². The maximum absolute atomic E-state index is 5.32. The molecule has 4 rings (SSSR count). The molecule has 0 aromatic rings. The Morgan fingerprint density at radius 2 is 1.63 bits per heavy atom. The lowest BCUT2D eigenvalue weighted by Crippen LogP contribution is -2.48. The molecule has 108 valence electrons. The van der Waals surface area contributed by atoms with Gasteiger partial charge >= 0.3 is 0 Å². The molecule has 4 fully saturated rings. The topological polar surface area (TPSA) is 24.1 Å². The highest BCUT2D eigenvalue weighted by Gasteiger charge is 2.50. The lowest BCUT2D eigenvalue weighted by Gasteiger charge is -2.57. The summed E-state index contributed by atoms with van der Waals surface area (Å²) in [5, 5.41) is 7.51. The van der Waals surface area contributed by atoms with Crippen molar-refractivity contribution in [1.82, 2.24) is 10.6 Å². The van der Waals surface area contributed by atoms with E-state index < -0.39 is 0 Å². The largest absolute Gasteiger partial charge is 0.363 e. The fourth-order valence-electron chi connectivity index (χ4n) is 5.35. The second-order valence-electron chi connectivity index (χ2n) is 7.72. The molecule has 0 atom stereocenters. The van der Waals surface area contributed by atoms with Crippen molar-refractivity contribution in [1.29, 1.82) is 0 Å². The van der Waals surface area contributed by atoms with Gasteiger partial charge in [-0.15, -0.1) is 0 Å². The van der Waals surface area contributed by atoms with Gasteiger partial charge in [0.2, 0.25) is 0 Å². The number of nitrogens with one attached hydrogen (secondary N) is 2. The summed E-state index contributed by atoms with van der Waals surface area (Å²) in [5.74, 6) is 3.19. The van der Waals surface area contributed by atoms with E-state index in [2.05, 4.69) is 24.5 Å². The zero-order valence-electron chi connectivity index (χ0n) is 12.4. The molecule has 2 nitrogen and oxygen atoms in total. The lowest BCUT2D eigenvalue weighted by molar-refractivity contribution is -0.0562. The van der Waals surface area contributed by atoms with Crippen molar-refractivity contribution in [2.45, 2.75) is 64.8 Å². The second-order valence-corrected chi connectivity index (χ2v) is 8.13. The van der Waals surface area contributed by atoms with E-state index in [1.807, 2.05) is 0 Å². The minimum absolute atomic E-state index is 0.430. The summed E-state index contributed by atoms with van der Waals surface area (Å²) in [6.45, 7) is 5.32. The molecule has 4 aliphatic rings. The van der Waals surface area contributed by atoms with Crippen LogP contribution < -0.4 is 10.6 Å². The van der Waals surface area contributed by atoms with Gasteiger partial charge in [0, 0.05) is 12.6 Å². The Morgan fingerprint density at radius 1 is 1.11 bits per heavy atom. The normalized spacial score (nSPS) is 39.6. The van der Waals surface area contributed by atoms with E-state index in [0.29, 0.717) is 11.5 Å². The monoisotopic (exact) mass is 280 g/mol. The zero-order valence-corrected chi connectivity index (χ0v) is 13.2. The molecule has 0 aromatic carbocycles. The Bertz CT molecular complexity index is 315. The molecular formula is C16H28N2S. The quantitative estimate of drug-likeness (QED) is 0.771. The van der Waals surface area contributed by atoms with Crippen molar-refractivity contribution in [2.75, 3.05) is 6.54 Å². The lowest BCUT2D eigenvalue weighted by atomic mass is 9.49. The minimum atomic E-state index is 0.430. The van der Waals surface area contributed by atoms with Crippen molar-refractivity contribution < 1.29 is 0 Å². The van der Waals surface area contributed by atoms with Gasteiger partial charge < -0.3 is 10.6 Å². The van der Waals surface area contributed by atoms with Gasteiger partial charge in [-0.05, 0) is 94.2 Å². The van der Waals surface area contributed by atoms with Crippen LogP contribution in [0.25, 0.3) is 0 Å².